The molecule has 2 heterocycles. The van der Waals surface area contributed by atoms with Crippen molar-refractivity contribution in [2.24, 2.45) is 0 Å². The van der Waals surface area contributed by atoms with E-state index in [0.717, 1.165) is 33.4 Å². The van der Waals surface area contributed by atoms with E-state index < -0.39 is 11.6 Å². The van der Waals surface area contributed by atoms with Gasteiger partial charge in [-0.15, -0.1) is 0 Å². The van der Waals surface area contributed by atoms with Crippen LogP contribution in [0.15, 0.2) is 42.5 Å². The molecule has 11 nitrogen and oxygen atoms in total. The first-order valence-electron chi connectivity index (χ1n) is 15.4. The van der Waals surface area contributed by atoms with Gasteiger partial charge >= 0.3 is 5.97 Å². The maximum Gasteiger partial charge on any atom is 0.349 e. The molecule has 0 aliphatic heterocycles. The highest BCUT2D eigenvalue weighted by atomic mass is 16.6. The predicted molar refractivity (Wildman–Crippen MR) is 176 cm³/mol. The van der Waals surface area contributed by atoms with Crippen LogP contribution in [-0.4, -0.2) is 89.3 Å². The first-order valence-corrected chi connectivity index (χ1v) is 15.4. The van der Waals surface area contributed by atoms with Crippen molar-refractivity contribution in [1.82, 2.24) is 24.3 Å². The molecule has 0 spiro atoms. The summed E-state index contributed by atoms with van der Waals surface area (Å²) in [5.74, 6) is 1.43. The highest BCUT2D eigenvalue weighted by molar-refractivity contribution is 6.06. The van der Waals surface area contributed by atoms with Crippen LogP contribution in [0.4, 0.5) is 5.82 Å². The van der Waals surface area contributed by atoms with Gasteiger partial charge in [0.25, 0.3) is 0 Å². The first kappa shape index (κ1) is 33.7. The van der Waals surface area contributed by atoms with Crippen LogP contribution in [0.2, 0.25) is 0 Å². The van der Waals surface area contributed by atoms with Crippen molar-refractivity contribution >= 4 is 39.6 Å². The van der Waals surface area contributed by atoms with Crippen LogP contribution in [0.3, 0.4) is 0 Å². The standard InChI is InChI=1S/C34H46N6O5/c1-8-44-33(42)34(3,4)45-27-16-11-13-24(23(27)2)21-39(29(41)22-38(5)6)18-12-19-40-28(17-20-43-7)37-30-31(40)25-14-9-10-15-26(25)36-32(30)35/h9-11,13-16H,8,12,17-22H2,1-7H3,(H2,35,36). The minimum atomic E-state index is -1.16. The van der Waals surface area contributed by atoms with Gasteiger partial charge in [0.05, 0.1) is 30.8 Å². The number of benzene rings is 2. The van der Waals surface area contributed by atoms with Gasteiger partial charge in [0.2, 0.25) is 5.91 Å². The number of imidazole rings is 1. The molecule has 242 valence electrons. The highest BCUT2D eigenvalue weighted by Gasteiger charge is 2.32. The van der Waals surface area contributed by atoms with E-state index in [-0.39, 0.29) is 19.1 Å². The third-order valence-electron chi connectivity index (χ3n) is 7.72. The Morgan fingerprint density at radius 3 is 2.53 bits per heavy atom. The molecule has 0 saturated heterocycles. The molecule has 4 rings (SSSR count). The number of methoxy groups -OCH3 is 1. The maximum atomic E-state index is 13.5. The van der Waals surface area contributed by atoms with E-state index >= 15 is 0 Å². The fraction of sp³-hybridized carbons (Fsp3) is 0.471. The smallest absolute Gasteiger partial charge is 0.349 e. The van der Waals surface area contributed by atoms with Gasteiger partial charge in [0.1, 0.15) is 17.1 Å². The molecule has 0 aliphatic rings. The van der Waals surface area contributed by atoms with Crippen molar-refractivity contribution in [3.05, 3.63) is 59.4 Å². The van der Waals surface area contributed by atoms with E-state index in [9.17, 15) is 9.59 Å². The Morgan fingerprint density at radius 1 is 1.07 bits per heavy atom. The quantitative estimate of drug-likeness (QED) is 0.193. The molecule has 2 aromatic carbocycles. The highest BCUT2D eigenvalue weighted by Crippen LogP contribution is 2.30. The lowest BCUT2D eigenvalue weighted by molar-refractivity contribution is -0.158. The molecule has 0 saturated carbocycles. The number of hydrogen-bond acceptors (Lipinski definition) is 9. The normalized spacial score (nSPS) is 11.8. The number of fused-ring (bicyclic) bond motifs is 3. The number of carbonyl (C=O) groups is 2. The Bertz CT molecular complexity index is 1650. The number of ether oxygens (including phenoxy) is 3. The zero-order valence-corrected chi connectivity index (χ0v) is 27.6. The Balaban J connectivity index is 1.61. The molecular formula is C34H46N6O5. The number of para-hydroxylation sites is 1. The lowest BCUT2D eigenvalue weighted by atomic mass is 10.1. The second kappa shape index (κ2) is 14.7. The summed E-state index contributed by atoms with van der Waals surface area (Å²) < 4.78 is 18.9. The summed E-state index contributed by atoms with van der Waals surface area (Å²) in [6.07, 6.45) is 1.31. The van der Waals surface area contributed by atoms with E-state index in [0.29, 0.717) is 56.2 Å². The Kier molecular flexibility index (Phi) is 11.0. The molecule has 0 unspecified atom stereocenters. The van der Waals surface area contributed by atoms with Crippen molar-refractivity contribution in [2.75, 3.05) is 53.2 Å². The number of aryl methyl sites for hydroxylation is 1. The van der Waals surface area contributed by atoms with E-state index in [2.05, 4.69) is 9.55 Å². The van der Waals surface area contributed by atoms with Gasteiger partial charge in [-0.3, -0.25) is 4.79 Å². The molecule has 2 N–H and O–H groups in total. The molecule has 11 heteroatoms. The number of likely N-dealkylation sites (N-methyl/N-ethyl adjacent to an activating group) is 1. The van der Waals surface area contributed by atoms with Gasteiger partial charge in [-0.2, -0.15) is 0 Å². The number of hydrogen-bond donors (Lipinski definition) is 1. The van der Waals surface area contributed by atoms with E-state index in [1.54, 1.807) is 27.9 Å². The fourth-order valence-electron chi connectivity index (χ4n) is 5.38. The number of nitrogen functional groups attached to an aromatic ring is 1. The number of pyridine rings is 1. The van der Waals surface area contributed by atoms with Gasteiger partial charge in [-0.05, 0) is 71.5 Å². The van der Waals surface area contributed by atoms with Crippen molar-refractivity contribution in [1.29, 1.82) is 0 Å². The molecule has 45 heavy (non-hydrogen) atoms. The molecule has 1 amide bonds. The SMILES string of the molecule is CCOC(=O)C(C)(C)Oc1cccc(CN(CCCn2c(CCOC)nc3c(N)nc4ccccc4c32)C(=O)CN(C)C)c1C. The van der Waals surface area contributed by atoms with Crippen molar-refractivity contribution < 1.29 is 23.8 Å². The lowest BCUT2D eigenvalue weighted by Crippen LogP contribution is -2.40. The minimum absolute atomic E-state index is 0.0200. The van der Waals surface area contributed by atoms with Crippen molar-refractivity contribution in [3.8, 4) is 5.75 Å². The summed E-state index contributed by atoms with van der Waals surface area (Å²) in [4.78, 5) is 39.2. The fourth-order valence-corrected chi connectivity index (χ4v) is 5.38. The van der Waals surface area contributed by atoms with Gasteiger partial charge in [-0.25, -0.2) is 14.8 Å². The Hall–Kier alpha value is -4.22. The van der Waals surface area contributed by atoms with Gasteiger partial charge in [0.15, 0.2) is 11.4 Å². The Morgan fingerprint density at radius 2 is 1.82 bits per heavy atom. The zero-order chi connectivity index (χ0) is 32.7. The number of carbonyl (C=O) groups excluding carboxylic acids is 2. The molecule has 0 aliphatic carbocycles. The molecule has 4 aromatic rings. The van der Waals surface area contributed by atoms with Gasteiger partial charge in [-0.1, -0.05) is 30.3 Å². The molecular weight excluding hydrogens is 572 g/mol. The topological polar surface area (TPSA) is 125 Å². The van der Waals surface area contributed by atoms with Crippen LogP contribution in [0.5, 0.6) is 5.75 Å². The van der Waals surface area contributed by atoms with Crippen LogP contribution >= 0.6 is 0 Å². The molecule has 2 aromatic heterocycles. The minimum Gasteiger partial charge on any atom is -0.476 e. The van der Waals surface area contributed by atoms with Gasteiger partial charge in [0, 0.05) is 38.6 Å². The number of nitrogens with two attached hydrogens (primary N) is 1. The van der Waals surface area contributed by atoms with Crippen molar-refractivity contribution in [3.63, 3.8) is 0 Å². The molecule has 0 radical (unpaired) electrons. The predicted octanol–water partition coefficient (Wildman–Crippen LogP) is 4.37. The second-order valence-corrected chi connectivity index (χ2v) is 11.9. The summed E-state index contributed by atoms with van der Waals surface area (Å²) in [6, 6.07) is 13.6. The van der Waals surface area contributed by atoms with E-state index in [4.69, 9.17) is 24.9 Å². The van der Waals surface area contributed by atoms with Crippen LogP contribution in [-0.2, 0) is 38.6 Å². The largest absolute Gasteiger partial charge is 0.476 e. The lowest BCUT2D eigenvalue weighted by Gasteiger charge is -2.28. The summed E-state index contributed by atoms with van der Waals surface area (Å²) in [7, 11) is 5.44. The van der Waals surface area contributed by atoms with E-state index in [1.807, 2.05) is 73.3 Å². The van der Waals surface area contributed by atoms with Crippen molar-refractivity contribution in [2.45, 2.75) is 59.2 Å². The van der Waals surface area contributed by atoms with Crippen LogP contribution in [0.1, 0.15) is 44.1 Å². The van der Waals surface area contributed by atoms with Gasteiger partial charge < -0.3 is 34.3 Å². The number of rotatable bonds is 15. The first-order chi connectivity index (χ1) is 21.5. The molecule has 0 atom stereocenters. The number of anilines is 1. The third kappa shape index (κ3) is 7.90. The third-order valence-corrected chi connectivity index (χ3v) is 7.72. The summed E-state index contributed by atoms with van der Waals surface area (Å²) in [6.45, 7) is 9.73. The average Bonchev–Trinajstić information content (AvgIpc) is 3.36. The molecule has 0 fully saturated rings. The monoisotopic (exact) mass is 618 g/mol. The molecule has 0 bridgehead atoms. The number of esters is 1. The van der Waals surface area contributed by atoms with Crippen LogP contribution in [0.25, 0.3) is 21.9 Å². The second-order valence-electron chi connectivity index (χ2n) is 11.9. The number of aromatic nitrogens is 3. The summed E-state index contributed by atoms with van der Waals surface area (Å²) >= 11 is 0. The Labute approximate surface area is 265 Å². The number of nitrogens with zero attached hydrogens (tertiary/aromatic N) is 5. The van der Waals surface area contributed by atoms with Crippen LogP contribution in [0, 0.1) is 6.92 Å². The summed E-state index contributed by atoms with van der Waals surface area (Å²) in [5, 5.41) is 0.983. The number of amides is 1. The van der Waals surface area contributed by atoms with Crippen LogP contribution < -0.4 is 10.5 Å². The van der Waals surface area contributed by atoms with E-state index in [1.165, 1.54) is 0 Å². The average molecular weight is 619 g/mol. The summed E-state index contributed by atoms with van der Waals surface area (Å²) in [5.41, 5.74) is 9.46. The maximum absolute atomic E-state index is 13.5. The zero-order valence-electron chi connectivity index (χ0n) is 27.6.